The normalized spacial score (nSPS) is 18.7. The Morgan fingerprint density at radius 3 is 2.35 bits per heavy atom. The molecule has 0 radical (unpaired) electrons. The fraction of sp³-hybridized carbons (Fsp3) is 0.400. The Bertz CT molecular complexity index is 996. The van der Waals surface area contributed by atoms with Gasteiger partial charge in [0.05, 0.1) is 19.3 Å². The van der Waals surface area contributed by atoms with Crippen LogP contribution in [0.15, 0.2) is 48.5 Å². The van der Waals surface area contributed by atoms with Crippen molar-refractivity contribution in [1.82, 2.24) is 10.6 Å². The summed E-state index contributed by atoms with van der Waals surface area (Å²) in [5, 5.41) is 14.4. The summed E-state index contributed by atoms with van der Waals surface area (Å²) in [5.74, 6) is -1.39. The summed E-state index contributed by atoms with van der Waals surface area (Å²) in [6.45, 7) is 1.17. The number of hydrogen-bond donors (Lipinski definition) is 3. The summed E-state index contributed by atoms with van der Waals surface area (Å²) in [5.41, 5.74) is 4.64. The van der Waals surface area contributed by atoms with Gasteiger partial charge in [0, 0.05) is 25.5 Å². The summed E-state index contributed by atoms with van der Waals surface area (Å²) < 4.78 is 15.9. The summed E-state index contributed by atoms with van der Waals surface area (Å²) in [7, 11) is 0. The van der Waals surface area contributed by atoms with E-state index in [9.17, 15) is 14.4 Å². The van der Waals surface area contributed by atoms with Crippen molar-refractivity contribution in [3.63, 3.8) is 0 Å². The quantitative estimate of drug-likeness (QED) is 0.457. The van der Waals surface area contributed by atoms with E-state index in [1.807, 2.05) is 24.3 Å². The first-order chi connectivity index (χ1) is 16.5. The highest BCUT2D eigenvalue weighted by molar-refractivity contribution is 5.80. The Hall–Kier alpha value is -3.43. The number of nitrogens with one attached hydrogen (secondary N) is 2. The smallest absolute Gasteiger partial charge is 0.407 e. The largest absolute Gasteiger partial charge is 0.479 e. The van der Waals surface area contributed by atoms with Crippen molar-refractivity contribution in [2.75, 3.05) is 33.0 Å². The molecule has 4 rings (SSSR count). The number of carboxylic acids is 1. The molecule has 2 unspecified atom stereocenters. The second kappa shape index (κ2) is 11.1. The summed E-state index contributed by atoms with van der Waals surface area (Å²) in [6.07, 6.45) is -0.975. The van der Waals surface area contributed by atoms with E-state index in [-0.39, 0.29) is 44.6 Å². The van der Waals surface area contributed by atoms with E-state index in [2.05, 4.69) is 34.9 Å². The number of hydrogen-bond acceptors (Lipinski definition) is 6. The molecule has 0 saturated carbocycles. The lowest BCUT2D eigenvalue weighted by Gasteiger charge is -2.16. The van der Waals surface area contributed by atoms with Gasteiger partial charge in [0.2, 0.25) is 5.91 Å². The van der Waals surface area contributed by atoms with Crippen molar-refractivity contribution in [2.45, 2.75) is 30.9 Å². The topological polar surface area (TPSA) is 123 Å². The zero-order chi connectivity index (χ0) is 23.9. The first-order valence-electron chi connectivity index (χ1n) is 11.3. The van der Waals surface area contributed by atoms with E-state index in [1.54, 1.807) is 0 Å². The molecule has 2 aromatic rings. The minimum absolute atomic E-state index is 0.00101. The van der Waals surface area contributed by atoms with Gasteiger partial charge < -0.3 is 30.0 Å². The Kier molecular flexibility index (Phi) is 7.76. The van der Waals surface area contributed by atoms with Crippen LogP contribution in [0.4, 0.5) is 4.79 Å². The number of carboxylic acid groups (broad SMARTS) is 1. The summed E-state index contributed by atoms with van der Waals surface area (Å²) in [6, 6.07) is 15.7. The van der Waals surface area contributed by atoms with Crippen LogP contribution < -0.4 is 10.6 Å². The second-order valence-corrected chi connectivity index (χ2v) is 8.21. The van der Waals surface area contributed by atoms with Crippen molar-refractivity contribution in [1.29, 1.82) is 0 Å². The van der Waals surface area contributed by atoms with E-state index in [0.717, 1.165) is 11.1 Å². The van der Waals surface area contributed by atoms with Crippen LogP contribution in [0, 0.1) is 0 Å². The van der Waals surface area contributed by atoms with Gasteiger partial charge in [-0.2, -0.15) is 0 Å². The fourth-order valence-corrected chi connectivity index (χ4v) is 4.40. The highest BCUT2D eigenvalue weighted by Crippen LogP contribution is 2.44. The van der Waals surface area contributed by atoms with Gasteiger partial charge in [-0.3, -0.25) is 4.79 Å². The minimum atomic E-state index is -1.08. The average Bonchev–Trinajstić information content (AvgIpc) is 3.42. The molecule has 2 aliphatic rings. The van der Waals surface area contributed by atoms with Gasteiger partial charge in [-0.25, -0.2) is 9.59 Å². The number of benzene rings is 2. The molecule has 3 N–H and O–H groups in total. The van der Waals surface area contributed by atoms with E-state index >= 15 is 0 Å². The number of alkyl carbamates (subject to hydrolysis) is 1. The van der Waals surface area contributed by atoms with Crippen molar-refractivity contribution in [3.05, 3.63) is 59.7 Å². The molecule has 1 aliphatic heterocycles. The molecule has 2 aromatic carbocycles. The highest BCUT2D eigenvalue weighted by Gasteiger charge is 2.35. The standard InChI is InChI=1S/C25H28N2O7/c28-22(27-21-9-13-33-23(21)24(29)30)10-12-32-14-11-26-25(31)34-15-20-18-7-3-1-5-16(18)17-6-2-4-8-19(17)20/h1-8,20-21,23H,9-15H2,(H,26,31)(H,27,28)(H,29,30). The van der Waals surface area contributed by atoms with E-state index in [0.29, 0.717) is 13.0 Å². The Balaban J connectivity index is 1.12. The van der Waals surface area contributed by atoms with Crippen molar-refractivity contribution in [3.8, 4) is 11.1 Å². The van der Waals surface area contributed by atoms with Gasteiger partial charge in [-0.05, 0) is 28.7 Å². The fourth-order valence-electron chi connectivity index (χ4n) is 4.40. The van der Waals surface area contributed by atoms with E-state index in [1.165, 1.54) is 11.1 Å². The lowest BCUT2D eigenvalue weighted by atomic mass is 9.98. The maximum absolute atomic E-state index is 12.1. The Morgan fingerprint density at radius 1 is 1.00 bits per heavy atom. The lowest BCUT2D eigenvalue weighted by Crippen LogP contribution is -2.44. The van der Waals surface area contributed by atoms with Crippen LogP contribution in [0.25, 0.3) is 11.1 Å². The summed E-state index contributed by atoms with van der Waals surface area (Å²) in [4.78, 5) is 35.2. The average molecular weight is 469 g/mol. The Morgan fingerprint density at radius 2 is 1.68 bits per heavy atom. The van der Waals surface area contributed by atoms with Gasteiger partial charge >= 0.3 is 12.1 Å². The lowest BCUT2D eigenvalue weighted by molar-refractivity contribution is -0.148. The van der Waals surface area contributed by atoms with Crippen LogP contribution in [-0.4, -0.2) is 68.2 Å². The van der Waals surface area contributed by atoms with Gasteiger partial charge in [-0.15, -0.1) is 0 Å². The molecule has 1 saturated heterocycles. The minimum Gasteiger partial charge on any atom is -0.479 e. The molecule has 1 heterocycles. The van der Waals surface area contributed by atoms with Crippen molar-refractivity contribution < 1.29 is 33.7 Å². The van der Waals surface area contributed by atoms with Crippen LogP contribution in [0.3, 0.4) is 0 Å². The molecule has 1 aliphatic carbocycles. The zero-order valence-electron chi connectivity index (χ0n) is 18.7. The first kappa shape index (κ1) is 23.7. The molecule has 0 bridgehead atoms. The van der Waals surface area contributed by atoms with Gasteiger partial charge in [0.1, 0.15) is 6.61 Å². The first-order valence-corrected chi connectivity index (χ1v) is 11.3. The molecule has 0 spiro atoms. The van der Waals surface area contributed by atoms with Crippen LogP contribution in [0.2, 0.25) is 0 Å². The monoisotopic (exact) mass is 468 g/mol. The molecule has 180 valence electrons. The molecule has 1 fully saturated rings. The van der Waals surface area contributed by atoms with Gasteiger partial charge in [0.15, 0.2) is 6.10 Å². The maximum atomic E-state index is 12.1. The third-order valence-electron chi connectivity index (χ3n) is 6.01. The van der Waals surface area contributed by atoms with Crippen LogP contribution in [0.1, 0.15) is 29.9 Å². The number of carbonyl (C=O) groups is 3. The molecule has 0 aromatic heterocycles. The zero-order valence-corrected chi connectivity index (χ0v) is 18.7. The molecule has 2 atom stereocenters. The van der Waals surface area contributed by atoms with E-state index < -0.39 is 24.2 Å². The SMILES string of the molecule is O=C(CCOCCNC(=O)OCC1c2ccccc2-c2ccccc21)NC1CCOC1C(=O)O. The third kappa shape index (κ3) is 5.55. The summed E-state index contributed by atoms with van der Waals surface area (Å²) >= 11 is 0. The number of rotatable bonds is 10. The van der Waals surface area contributed by atoms with Crippen LogP contribution >= 0.6 is 0 Å². The number of ether oxygens (including phenoxy) is 3. The van der Waals surface area contributed by atoms with Gasteiger partial charge in [-0.1, -0.05) is 48.5 Å². The Labute approximate surface area is 197 Å². The molecule has 34 heavy (non-hydrogen) atoms. The predicted molar refractivity (Wildman–Crippen MR) is 122 cm³/mol. The molecular weight excluding hydrogens is 440 g/mol. The maximum Gasteiger partial charge on any atom is 0.407 e. The van der Waals surface area contributed by atoms with Crippen LogP contribution in [0.5, 0.6) is 0 Å². The highest BCUT2D eigenvalue weighted by atomic mass is 16.5. The molecule has 9 nitrogen and oxygen atoms in total. The third-order valence-corrected chi connectivity index (χ3v) is 6.01. The van der Waals surface area contributed by atoms with E-state index in [4.69, 9.17) is 19.3 Å². The van der Waals surface area contributed by atoms with Gasteiger partial charge in [0.25, 0.3) is 0 Å². The number of amides is 2. The molecular formula is C25H28N2O7. The predicted octanol–water partition coefficient (Wildman–Crippen LogP) is 2.29. The molecule has 9 heteroatoms. The van der Waals surface area contributed by atoms with Crippen molar-refractivity contribution >= 4 is 18.0 Å². The molecule has 2 amide bonds. The number of carbonyl (C=O) groups excluding carboxylic acids is 2. The number of aliphatic carboxylic acids is 1. The second-order valence-electron chi connectivity index (χ2n) is 8.21. The van der Waals surface area contributed by atoms with Crippen molar-refractivity contribution in [2.24, 2.45) is 0 Å². The number of fused-ring (bicyclic) bond motifs is 3. The van der Waals surface area contributed by atoms with Crippen LogP contribution in [-0.2, 0) is 23.8 Å².